The molecule has 0 amide bonds. The molecule has 0 aliphatic rings. The Morgan fingerprint density at radius 1 is 0.702 bits per heavy atom. The first-order valence-corrected chi connectivity index (χ1v) is 19.1. The number of aryl methyl sites for hydroxylation is 2. The van der Waals surface area contributed by atoms with Gasteiger partial charge in [0.2, 0.25) is 0 Å². The number of rotatable bonds is 4. The van der Waals surface area contributed by atoms with E-state index in [1.165, 1.54) is 16.3 Å². The molecule has 0 aliphatic heterocycles. The first-order valence-electron chi connectivity index (χ1n) is 15.6. The topological polar surface area (TPSA) is 43.9 Å². The first-order chi connectivity index (χ1) is 22.3. The molecule has 4 nitrogen and oxygen atoms in total. The molecule has 0 atom stereocenters. The van der Waals surface area contributed by atoms with Gasteiger partial charge in [0, 0.05) is 37.4 Å². The van der Waals surface area contributed by atoms with Gasteiger partial charge in [-0.3, -0.25) is 4.98 Å². The summed E-state index contributed by atoms with van der Waals surface area (Å²) in [5.74, 6) is 0.846. The Morgan fingerprint density at radius 2 is 1.45 bits per heavy atom. The van der Waals surface area contributed by atoms with E-state index in [0.717, 1.165) is 61.3 Å². The average Bonchev–Trinajstić information content (AvgIpc) is 3.64. The minimum atomic E-state index is -1.23. The Kier molecular flexibility index (Phi) is 9.11. The second-order valence-electron chi connectivity index (χ2n) is 12.7. The zero-order valence-electron chi connectivity index (χ0n) is 27.1. The molecule has 0 aliphatic carbocycles. The van der Waals surface area contributed by atoms with E-state index in [2.05, 4.69) is 116 Å². The summed E-state index contributed by atoms with van der Waals surface area (Å²) in [6.07, 6.45) is 2.02. The molecule has 0 fully saturated rings. The van der Waals surface area contributed by atoms with Crippen molar-refractivity contribution < 1.29 is 24.5 Å². The minimum absolute atomic E-state index is 0. The van der Waals surface area contributed by atoms with E-state index in [-0.39, 0.29) is 20.1 Å². The van der Waals surface area contributed by atoms with Crippen molar-refractivity contribution >= 4 is 46.2 Å². The van der Waals surface area contributed by atoms with E-state index < -0.39 is 8.07 Å². The molecular weight excluding hydrogens is 771 g/mol. The van der Waals surface area contributed by atoms with Crippen LogP contribution in [0.1, 0.15) is 11.1 Å². The quantitative estimate of drug-likeness (QED) is 0.132. The number of imidazole rings is 1. The molecule has 0 spiro atoms. The second kappa shape index (κ2) is 13.2. The molecule has 5 aromatic carbocycles. The maximum atomic E-state index is 6.30. The molecule has 6 heteroatoms. The van der Waals surface area contributed by atoms with Gasteiger partial charge < -0.3 is 14.0 Å². The van der Waals surface area contributed by atoms with Crippen molar-refractivity contribution in [1.82, 2.24) is 14.5 Å². The fourth-order valence-corrected chi connectivity index (χ4v) is 7.02. The molecular formula is C41H35IrN3OSi-2. The standard InChI is InChI=1S/C27H19N2O.C14H16NSi.Ir/c1-17-9-7-10-18(2)25(17)29-23-15-5-4-14-22(23)28-27(29)21-13-8-12-20-19-11-3-6-16-24(19)30-26(20)21;1-16(2,3)13-9-10-14(15-11-13)12-7-5-4-6-8-12;/h3-12,14-16H,1-2H3;4-7,9-11H,1-3H3;/q2*-1;. The summed E-state index contributed by atoms with van der Waals surface area (Å²) in [5.41, 5.74) is 10.2. The van der Waals surface area contributed by atoms with Gasteiger partial charge in [-0.1, -0.05) is 91.3 Å². The Hall–Kier alpha value is -4.61. The summed E-state index contributed by atoms with van der Waals surface area (Å²) in [7, 11) is -1.23. The van der Waals surface area contributed by atoms with Crippen LogP contribution in [-0.2, 0) is 20.1 Å². The Balaban J connectivity index is 0.000000194. The third-order valence-electron chi connectivity index (χ3n) is 8.40. The van der Waals surface area contributed by atoms with Crippen LogP contribution < -0.4 is 5.19 Å². The largest absolute Gasteiger partial charge is 0.501 e. The molecule has 3 heterocycles. The molecule has 8 aromatic rings. The Bertz CT molecular complexity index is 2300. The van der Waals surface area contributed by atoms with Crippen molar-refractivity contribution in [2.24, 2.45) is 0 Å². The van der Waals surface area contributed by atoms with Crippen LogP contribution in [-0.4, -0.2) is 22.6 Å². The predicted octanol–water partition coefficient (Wildman–Crippen LogP) is 10.1. The Morgan fingerprint density at radius 3 is 2.17 bits per heavy atom. The van der Waals surface area contributed by atoms with Gasteiger partial charge in [0.25, 0.3) is 0 Å². The van der Waals surface area contributed by atoms with Crippen molar-refractivity contribution in [2.75, 3.05) is 0 Å². The van der Waals surface area contributed by atoms with Gasteiger partial charge in [-0.15, -0.1) is 54.1 Å². The fraction of sp³-hybridized carbons (Fsp3) is 0.122. The third kappa shape index (κ3) is 6.25. The molecule has 0 saturated heterocycles. The van der Waals surface area contributed by atoms with Crippen molar-refractivity contribution in [2.45, 2.75) is 33.5 Å². The van der Waals surface area contributed by atoms with Crippen LogP contribution >= 0.6 is 0 Å². The molecule has 0 N–H and O–H groups in total. The number of pyridine rings is 1. The average molecular weight is 806 g/mol. The van der Waals surface area contributed by atoms with Crippen LogP contribution in [0, 0.1) is 26.0 Å². The summed E-state index contributed by atoms with van der Waals surface area (Å²) < 4.78 is 8.55. The number of fused-ring (bicyclic) bond motifs is 4. The summed E-state index contributed by atoms with van der Waals surface area (Å²) in [5, 5.41) is 3.59. The van der Waals surface area contributed by atoms with Gasteiger partial charge in [0.15, 0.2) is 0 Å². The SMILES string of the molecule is C[Si](C)(C)c1ccc(-c2[c-]cccc2)nc1.Cc1cccc(C)c1-n1c(-c2[c-]ccc3c2oc2ccccc23)nc2ccccc21.[Ir]. The van der Waals surface area contributed by atoms with Crippen molar-refractivity contribution in [3.05, 3.63) is 145 Å². The number of furan rings is 1. The van der Waals surface area contributed by atoms with E-state index in [1.807, 2.05) is 60.8 Å². The van der Waals surface area contributed by atoms with Gasteiger partial charge in [-0.25, -0.2) is 0 Å². The van der Waals surface area contributed by atoms with Crippen LogP contribution in [0.15, 0.2) is 126 Å². The van der Waals surface area contributed by atoms with Gasteiger partial charge in [-0.05, 0) is 54.1 Å². The molecule has 1 radical (unpaired) electrons. The summed E-state index contributed by atoms with van der Waals surface area (Å²) in [4.78, 5) is 9.55. The van der Waals surface area contributed by atoms with Gasteiger partial charge >= 0.3 is 0 Å². The molecule has 3 aromatic heterocycles. The van der Waals surface area contributed by atoms with E-state index in [1.54, 1.807) is 0 Å². The zero-order valence-corrected chi connectivity index (χ0v) is 30.5. The number of benzene rings is 5. The van der Waals surface area contributed by atoms with Gasteiger partial charge in [0.1, 0.15) is 5.58 Å². The number of para-hydroxylation sites is 4. The van der Waals surface area contributed by atoms with Crippen molar-refractivity contribution in [3.63, 3.8) is 0 Å². The molecule has 8 rings (SSSR count). The first kappa shape index (κ1) is 32.3. The maximum Gasteiger partial charge on any atom is 0.120 e. The van der Waals surface area contributed by atoms with Crippen LogP contribution in [0.4, 0.5) is 0 Å². The maximum absolute atomic E-state index is 6.30. The number of hydrogen-bond donors (Lipinski definition) is 0. The fourth-order valence-electron chi connectivity index (χ4n) is 5.98. The van der Waals surface area contributed by atoms with E-state index in [4.69, 9.17) is 9.40 Å². The molecule has 235 valence electrons. The summed E-state index contributed by atoms with van der Waals surface area (Å²) >= 11 is 0. The van der Waals surface area contributed by atoms with Crippen LogP contribution in [0.5, 0.6) is 0 Å². The number of nitrogens with zero attached hydrogens (tertiary/aromatic N) is 3. The molecule has 0 saturated carbocycles. The van der Waals surface area contributed by atoms with Gasteiger partial charge in [-0.2, -0.15) is 0 Å². The van der Waals surface area contributed by atoms with Crippen LogP contribution in [0.25, 0.3) is 61.3 Å². The van der Waals surface area contributed by atoms with Crippen LogP contribution in [0.3, 0.4) is 0 Å². The Labute approximate surface area is 290 Å². The van der Waals surface area contributed by atoms with E-state index in [0.29, 0.717) is 0 Å². The number of hydrogen-bond acceptors (Lipinski definition) is 3. The smallest absolute Gasteiger partial charge is 0.120 e. The third-order valence-corrected chi connectivity index (χ3v) is 10.4. The van der Waals surface area contributed by atoms with Crippen molar-refractivity contribution in [3.8, 4) is 28.3 Å². The monoisotopic (exact) mass is 806 g/mol. The van der Waals surface area contributed by atoms with E-state index in [9.17, 15) is 0 Å². The normalized spacial score (nSPS) is 11.3. The number of aromatic nitrogens is 3. The minimum Gasteiger partial charge on any atom is -0.501 e. The van der Waals surface area contributed by atoms with Gasteiger partial charge in [0.05, 0.1) is 30.5 Å². The molecule has 0 bridgehead atoms. The van der Waals surface area contributed by atoms with Crippen LogP contribution in [0.2, 0.25) is 19.6 Å². The predicted molar refractivity (Wildman–Crippen MR) is 194 cm³/mol. The molecule has 0 unspecified atom stereocenters. The van der Waals surface area contributed by atoms with Crippen molar-refractivity contribution in [1.29, 1.82) is 0 Å². The summed E-state index contributed by atoms with van der Waals surface area (Å²) in [6, 6.07) is 45.7. The zero-order chi connectivity index (χ0) is 31.8. The van der Waals surface area contributed by atoms with E-state index >= 15 is 0 Å². The molecule has 47 heavy (non-hydrogen) atoms. The summed E-state index contributed by atoms with van der Waals surface area (Å²) in [6.45, 7) is 11.3. The second-order valence-corrected chi connectivity index (χ2v) is 17.7.